The fraction of sp³-hybridized carbons (Fsp3) is 0.235. The zero-order chi connectivity index (χ0) is 15.0. The Balaban J connectivity index is 2.14. The van der Waals surface area contributed by atoms with Crippen LogP contribution in [-0.4, -0.2) is 28.2 Å². The Bertz CT molecular complexity index is 787. The van der Waals surface area contributed by atoms with Gasteiger partial charge in [0.15, 0.2) is 0 Å². The number of hydrogen-bond donors (Lipinski definition) is 0. The molecule has 0 aliphatic carbocycles. The van der Waals surface area contributed by atoms with E-state index in [2.05, 4.69) is 33.0 Å². The molecular formula is C17H19FN2Sn. The number of halogens is 1. The second-order valence-corrected chi connectivity index (χ2v) is 20.6. The molecule has 0 aliphatic heterocycles. The van der Waals surface area contributed by atoms with Gasteiger partial charge in [0.1, 0.15) is 0 Å². The summed E-state index contributed by atoms with van der Waals surface area (Å²) >= 11 is -2.30. The summed E-state index contributed by atoms with van der Waals surface area (Å²) in [6.07, 6.45) is 0. The first-order valence-corrected chi connectivity index (χ1v) is 17.2. The van der Waals surface area contributed by atoms with E-state index in [1.165, 1.54) is 15.2 Å². The normalized spacial score (nSPS) is 12.0. The van der Waals surface area contributed by atoms with Gasteiger partial charge in [-0.05, 0) is 0 Å². The van der Waals surface area contributed by atoms with Crippen molar-refractivity contribution >= 4 is 33.0 Å². The molecule has 0 amide bonds. The number of fused-ring (bicyclic) bond motifs is 1. The fourth-order valence-electron chi connectivity index (χ4n) is 2.59. The predicted octanol–water partition coefficient (Wildman–Crippen LogP) is 3.77. The first-order valence-electron chi connectivity index (χ1n) is 7.16. The Morgan fingerprint density at radius 3 is 2.38 bits per heavy atom. The van der Waals surface area contributed by atoms with Crippen LogP contribution in [-0.2, 0) is 6.54 Å². The first kappa shape index (κ1) is 14.6. The van der Waals surface area contributed by atoms with Crippen molar-refractivity contribution in [3.8, 4) is 0 Å². The molecule has 1 aromatic heterocycles. The quantitative estimate of drug-likeness (QED) is 0.624. The molecule has 0 aliphatic rings. The molecule has 0 atom stereocenters. The van der Waals surface area contributed by atoms with E-state index < -0.39 is 18.4 Å². The molecule has 3 aromatic rings. The Labute approximate surface area is 128 Å². The molecule has 2 nitrogen and oxygen atoms in total. The Morgan fingerprint density at radius 2 is 1.67 bits per heavy atom. The van der Waals surface area contributed by atoms with E-state index in [1.54, 1.807) is 6.07 Å². The van der Waals surface area contributed by atoms with Crippen LogP contribution in [0, 0.1) is 5.82 Å². The van der Waals surface area contributed by atoms with Crippen molar-refractivity contribution < 1.29 is 4.39 Å². The van der Waals surface area contributed by atoms with Gasteiger partial charge in [-0.2, -0.15) is 0 Å². The molecule has 0 saturated carbocycles. The molecule has 21 heavy (non-hydrogen) atoms. The fourth-order valence-corrected chi connectivity index (χ4v) is 6.70. The van der Waals surface area contributed by atoms with E-state index in [-0.39, 0.29) is 5.82 Å². The minimum atomic E-state index is -2.30. The van der Waals surface area contributed by atoms with E-state index in [0.29, 0.717) is 12.1 Å². The van der Waals surface area contributed by atoms with Crippen molar-refractivity contribution in [3.05, 3.63) is 59.9 Å². The topological polar surface area (TPSA) is 17.8 Å². The van der Waals surface area contributed by atoms with E-state index in [4.69, 9.17) is 5.10 Å². The van der Waals surface area contributed by atoms with E-state index >= 15 is 0 Å². The molecule has 0 radical (unpaired) electrons. The molecule has 0 N–H and O–H groups in total. The van der Waals surface area contributed by atoms with Gasteiger partial charge in [0.05, 0.1) is 0 Å². The van der Waals surface area contributed by atoms with Crippen molar-refractivity contribution in [2.24, 2.45) is 0 Å². The number of para-hydroxylation sites is 1. The second-order valence-electron chi connectivity index (χ2n) is 6.36. The number of aromatic nitrogens is 2. The zero-order valence-corrected chi connectivity index (χ0v) is 15.5. The van der Waals surface area contributed by atoms with Gasteiger partial charge in [-0.15, -0.1) is 0 Å². The van der Waals surface area contributed by atoms with Crippen LogP contribution in [0.25, 0.3) is 10.9 Å². The maximum atomic E-state index is 13.9. The number of hydrogen-bond acceptors (Lipinski definition) is 1. The molecule has 0 unspecified atom stereocenters. The second kappa shape index (κ2) is 5.44. The van der Waals surface area contributed by atoms with Crippen molar-refractivity contribution in [3.63, 3.8) is 0 Å². The third-order valence-corrected chi connectivity index (χ3v) is 8.76. The van der Waals surface area contributed by atoms with Crippen LogP contribution in [0.15, 0.2) is 48.5 Å². The number of nitrogens with zero attached hydrogens (tertiary/aromatic N) is 2. The summed E-state index contributed by atoms with van der Waals surface area (Å²) in [5.41, 5.74) is 1.78. The maximum absolute atomic E-state index is 13.9. The summed E-state index contributed by atoms with van der Waals surface area (Å²) in [4.78, 5) is 7.07. The molecule has 3 rings (SSSR count). The first-order chi connectivity index (χ1) is 9.97. The van der Waals surface area contributed by atoms with Crippen LogP contribution in [0.2, 0.25) is 14.8 Å². The van der Waals surface area contributed by atoms with Gasteiger partial charge < -0.3 is 0 Å². The van der Waals surface area contributed by atoms with Crippen LogP contribution in [0.3, 0.4) is 0 Å². The van der Waals surface area contributed by atoms with Crippen molar-refractivity contribution in [1.82, 2.24) is 9.78 Å². The molecule has 4 heteroatoms. The molecule has 0 bridgehead atoms. The molecule has 0 saturated heterocycles. The number of rotatable bonds is 3. The van der Waals surface area contributed by atoms with Gasteiger partial charge in [-0.3, -0.25) is 0 Å². The SMILES string of the molecule is [CH3][Sn]([CH3])([CH3])[c]1nn(Cc2ccccc2F)c2ccccc12. The Hall–Kier alpha value is -1.36. The standard InChI is InChI=1S/C14H10FN2.3CH3.Sn/c15-13-7-3-1-6-12(13)10-17-14-8-4-2-5-11(14)9-16-17;;;;/h1-8H,10H2;3*1H3;. The van der Waals surface area contributed by atoms with Crippen molar-refractivity contribution in [1.29, 1.82) is 0 Å². The van der Waals surface area contributed by atoms with Gasteiger partial charge in [-0.25, -0.2) is 0 Å². The predicted molar refractivity (Wildman–Crippen MR) is 88.2 cm³/mol. The molecule has 1 heterocycles. The molecular weight excluding hydrogens is 370 g/mol. The van der Waals surface area contributed by atoms with Crippen molar-refractivity contribution in [2.75, 3.05) is 0 Å². The molecule has 2 aromatic carbocycles. The zero-order valence-electron chi connectivity index (χ0n) is 12.6. The van der Waals surface area contributed by atoms with E-state index in [0.717, 1.165) is 5.52 Å². The van der Waals surface area contributed by atoms with Gasteiger partial charge in [0.2, 0.25) is 0 Å². The summed E-state index contributed by atoms with van der Waals surface area (Å²) in [6, 6.07) is 15.2. The van der Waals surface area contributed by atoms with Crippen LogP contribution >= 0.6 is 0 Å². The van der Waals surface area contributed by atoms with Crippen LogP contribution < -0.4 is 3.71 Å². The summed E-state index contributed by atoms with van der Waals surface area (Å²) in [5, 5.41) is 6.07. The van der Waals surface area contributed by atoms with Crippen molar-refractivity contribution in [2.45, 2.75) is 21.4 Å². The third-order valence-electron chi connectivity index (χ3n) is 3.65. The minimum absolute atomic E-state index is 0.169. The van der Waals surface area contributed by atoms with Gasteiger partial charge in [-0.1, -0.05) is 0 Å². The van der Waals surface area contributed by atoms with Gasteiger partial charge in [0, 0.05) is 0 Å². The monoisotopic (exact) mass is 390 g/mol. The molecule has 0 fully saturated rings. The molecule has 108 valence electrons. The summed E-state index contributed by atoms with van der Waals surface area (Å²) in [7, 11) is 0. The Kier molecular flexibility index (Phi) is 3.78. The van der Waals surface area contributed by atoms with E-state index in [9.17, 15) is 4.39 Å². The van der Waals surface area contributed by atoms with Gasteiger partial charge >= 0.3 is 128 Å². The molecule has 0 spiro atoms. The van der Waals surface area contributed by atoms with Gasteiger partial charge in [0.25, 0.3) is 0 Å². The third kappa shape index (κ3) is 2.84. The summed E-state index contributed by atoms with van der Waals surface area (Å²) in [6.45, 7) is 0.481. The van der Waals surface area contributed by atoms with Crippen LogP contribution in [0.5, 0.6) is 0 Å². The Morgan fingerprint density at radius 1 is 1.00 bits per heavy atom. The average molecular weight is 389 g/mol. The number of benzene rings is 2. The van der Waals surface area contributed by atoms with E-state index in [1.807, 2.05) is 22.9 Å². The summed E-state index contributed by atoms with van der Waals surface area (Å²) < 4.78 is 17.1. The van der Waals surface area contributed by atoms with Crippen LogP contribution in [0.4, 0.5) is 4.39 Å². The summed E-state index contributed by atoms with van der Waals surface area (Å²) in [5.74, 6) is -0.169. The van der Waals surface area contributed by atoms with Crippen LogP contribution in [0.1, 0.15) is 5.56 Å². The average Bonchev–Trinajstić information content (AvgIpc) is 2.81.